The summed E-state index contributed by atoms with van der Waals surface area (Å²) in [5, 5.41) is 0. The third kappa shape index (κ3) is 2.92. The minimum Gasteiger partial charge on any atom is -0.457 e. The minimum absolute atomic E-state index is 0.524. The Bertz CT molecular complexity index is 566. The number of ether oxygens (including phenoxy) is 1. The van der Waals surface area contributed by atoms with E-state index in [0.717, 1.165) is 32.7 Å². The molecule has 2 nitrogen and oxygen atoms in total. The summed E-state index contributed by atoms with van der Waals surface area (Å²) in [7, 11) is 0. The third-order valence-electron chi connectivity index (χ3n) is 2.85. The molecule has 18 heavy (non-hydrogen) atoms. The summed E-state index contributed by atoms with van der Waals surface area (Å²) >= 11 is 3.45. The molecule has 3 heteroatoms. The van der Waals surface area contributed by atoms with Crippen molar-refractivity contribution < 1.29 is 4.74 Å². The molecule has 0 spiro atoms. The maximum absolute atomic E-state index is 5.96. The molecule has 0 aromatic heterocycles. The Labute approximate surface area is 116 Å². The lowest BCUT2D eigenvalue weighted by Gasteiger charge is -2.12. The number of benzene rings is 2. The molecule has 0 fully saturated rings. The summed E-state index contributed by atoms with van der Waals surface area (Å²) in [5.74, 6) is 1.74. The SMILES string of the molecule is Cc1cc(Br)ccc1Oc1cc(CN)ccc1C. The van der Waals surface area contributed by atoms with E-state index < -0.39 is 0 Å². The molecule has 0 aliphatic carbocycles. The first-order chi connectivity index (χ1) is 8.60. The van der Waals surface area contributed by atoms with E-state index in [1.165, 1.54) is 0 Å². The molecule has 2 N–H and O–H groups in total. The first kappa shape index (κ1) is 13.1. The standard InChI is InChI=1S/C15H16BrNO/c1-10-3-4-12(9-17)8-15(10)18-14-6-5-13(16)7-11(14)2/h3-8H,9,17H2,1-2H3. The van der Waals surface area contributed by atoms with Gasteiger partial charge < -0.3 is 10.5 Å². The van der Waals surface area contributed by atoms with E-state index in [-0.39, 0.29) is 0 Å². The van der Waals surface area contributed by atoms with E-state index in [4.69, 9.17) is 10.5 Å². The normalized spacial score (nSPS) is 10.4. The van der Waals surface area contributed by atoms with Gasteiger partial charge in [0.1, 0.15) is 11.5 Å². The molecule has 2 rings (SSSR count). The minimum atomic E-state index is 0.524. The molecule has 0 saturated carbocycles. The van der Waals surface area contributed by atoms with Gasteiger partial charge in [0, 0.05) is 11.0 Å². The highest BCUT2D eigenvalue weighted by atomic mass is 79.9. The fourth-order valence-corrected chi connectivity index (χ4v) is 2.20. The monoisotopic (exact) mass is 305 g/mol. The Hall–Kier alpha value is -1.32. The van der Waals surface area contributed by atoms with Crippen molar-refractivity contribution in [3.05, 3.63) is 57.6 Å². The van der Waals surface area contributed by atoms with Crippen LogP contribution in [0, 0.1) is 13.8 Å². The Morgan fingerprint density at radius 3 is 2.44 bits per heavy atom. The van der Waals surface area contributed by atoms with Crippen LogP contribution in [0.5, 0.6) is 11.5 Å². The van der Waals surface area contributed by atoms with Crippen LogP contribution in [0.15, 0.2) is 40.9 Å². The maximum Gasteiger partial charge on any atom is 0.130 e. The van der Waals surface area contributed by atoms with Gasteiger partial charge in [0.15, 0.2) is 0 Å². The summed E-state index contributed by atoms with van der Waals surface area (Å²) in [6.45, 7) is 4.59. The molecule has 94 valence electrons. The average Bonchev–Trinajstić information content (AvgIpc) is 2.35. The van der Waals surface area contributed by atoms with Gasteiger partial charge >= 0.3 is 0 Å². The molecule has 0 amide bonds. The largest absolute Gasteiger partial charge is 0.457 e. The molecule has 0 bridgehead atoms. The average molecular weight is 306 g/mol. The molecule has 0 radical (unpaired) electrons. The fraction of sp³-hybridized carbons (Fsp3) is 0.200. The second kappa shape index (κ2) is 5.55. The predicted molar refractivity (Wildman–Crippen MR) is 78.0 cm³/mol. The summed E-state index contributed by atoms with van der Waals surface area (Å²) < 4.78 is 7.02. The lowest BCUT2D eigenvalue weighted by molar-refractivity contribution is 0.474. The van der Waals surface area contributed by atoms with Crippen LogP contribution in [0.2, 0.25) is 0 Å². The van der Waals surface area contributed by atoms with Crippen LogP contribution in [0.4, 0.5) is 0 Å². The molecule has 0 atom stereocenters. The van der Waals surface area contributed by atoms with Gasteiger partial charge in [0.25, 0.3) is 0 Å². The highest BCUT2D eigenvalue weighted by Gasteiger charge is 2.05. The lowest BCUT2D eigenvalue weighted by Crippen LogP contribution is -1.98. The molecular formula is C15H16BrNO. The van der Waals surface area contributed by atoms with Crippen LogP contribution in [0.3, 0.4) is 0 Å². The number of rotatable bonds is 3. The summed E-state index contributed by atoms with van der Waals surface area (Å²) in [5.41, 5.74) is 8.93. The smallest absolute Gasteiger partial charge is 0.130 e. The van der Waals surface area contributed by atoms with Crippen LogP contribution in [-0.4, -0.2) is 0 Å². The first-order valence-corrected chi connectivity index (χ1v) is 6.63. The van der Waals surface area contributed by atoms with Crippen LogP contribution in [0.1, 0.15) is 16.7 Å². The van der Waals surface area contributed by atoms with Gasteiger partial charge in [0.2, 0.25) is 0 Å². The van der Waals surface area contributed by atoms with Gasteiger partial charge in [-0.05, 0) is 54.8 Å². The van der Waals surface area contributed by atoms with Gasteiger partial charge in [-0.1, -0.05) is 28.1 Å². The molecule has 0 unspecified atom stereocenters. The van der Waals surface area contributed by atoms with Crippen LogP contribution in [0.25, 0.3) is 0 Å². The molecule has 0 aliphatic rings. The van der Waals surface area contributed by atoms with E-state index in [2.05, 4.69) is 15.9 Å². The Morgan fingerprint density at radius 2 is 1.78 bits per heavy atom. The highest BCUT2D eigenvalue weighted by Crippen LogP contribution is 2.30. The van der Waals surface area contributed by atoms with Crippen molar-refractivity contribution in [3.63, 3.8) is 0 Å². The van der Waals surface area contributed by atoms with Gasteiger partial charge in [-0.3, -0.25) is 0 Å². The Balaban J connectivity index is 2.33. The molecule has 0 saturated heterocycles. The van der Waals surface area contributed by atoms with Crippen LogP contribution >= 0.6 is 15.9 Å². The highest BCUT2D eigenvalue weighted by molar-refractivity contribution is 9.10. The summed E-state index contributed by atoms with van der Waals surface area (Å²) in [4.78, 5) is 0. The zero-order valence-corrected chi connectivity index (χ0v) is 12.1. The molecular weight excluding hydrogens is 290 g/mol. The van der Waals surface area contributed by atoms with E-state index >= 15 is 0 Å². The zero-order valence-electron chi connectivity index (χ0n) is 10.5. The maximum atomic E-state index is 5.96. The number of nitrogens with two attached hydrogens (primary N) is 1. The Kier molecular flexibility index (Phi) is 4.04. The first-order valence-electron chi connectivity index (χ1n) is 5.84. The van der Waals surface area contributed by atoms with Crippen molar-refractivity contribution in [2.45, 2.75) is 20.4 Å². The van der Waals surface area contributed by atoms with Crippen molar-refractivity contribution in [1.82, 2.24) is 0 Å². The predicted octanol–water partition coefficient (Wildman–Crippen LogP) is 4.32. The summed E-state index contributed by atoms with van der Waals surface area (Å²) in [6, 6.07) is 12.0. The Morgan fingerprint density at radius 1 is 1.00 bits per heavy atom. The van der Waals surface area contributed by atoms with Gasteiger partial charge in [-0.2, -0.15) is 0 Å². The lowest BCUT2D eigenvalue weighted by atomic mass is 10.1. The number of hydrogen-bond acceptors (Lipinski definition) is 2. The van der Waals surface area contributed by atoms with E-state index in [1.54, 1.807) is 0 Å². The molecule has 0 heterocycles. The van der Waals surface area contributed by atoms with Crippen molar-refractivity contribution in [3.8, 4) is 11.5 Å². The second-order valence-electron chi connectivity index (χ2n) is 4.32. The number of halogens is 1. The molecule has 2 aromatic rings. The summed E-state index contributed by atoms with van der Waals surface area (Å²) in [6.07, 6.45) is 0. The van der Waals surface area contributed by atoms with Crippen molar-refractivity contribution >= 4 is 15.9 Å². The molecule has 0 aliphatic heterocycles. The van der Waals surface area contributed by atoms with Gasteiger partial charge in [-0.15, -0.1) is 0 Å². The number of aryl methyl sites for hydroxylation is 2. The van der Waals surface area contributed by atoms with Crippen LogP contribution in [-0.2, 0) is 6.54 Å². The van der Waals surface area contributed by atoms with Gasteiger partial charge in [0.05, 0.1) is 0 Å². The van der Waals surface area contributed by atoms with Crippen LogP contribution < -0.4 is 10.5 Å². The molecule has 2 aromatic carbocycles. The topological polar surface area (TPSA) is 35.2 Å². The fourth-order valence-electron chi connectivity index (χ4n) is 1.73. The quantitative estimate of drug-likeness (QED) is 0.916. The van der Waals surface area contributed by atoms with Crippen molar-refractivity contribution in [2.75, 3.05) is 0 Å². The van der Waals surface area contributed by atoms with E-state index in [0.29, 0.717) is 6.54 Å². The second-order valence-corrected chi connectivity index (χ2v) is 5.23. The van der Waals surface area contributed by atoms with Gasteiger partial charge in [-0.25, -0.2) is 0 Å². The van der Waals surface area contributed by atoms with Crippen molar-refractivity contribution in [2.24, 2.45) is 5.73 Å². The number of hydrogen-bond donors (Lipinski definition) is 1. The van der Waals surface area contributed by atoms with Crippen molar-refractivity contribution in [1.29, 1.82) is 0 Å². The van der Waals surface area contributed by atoms with E-state index in [1.807, 2.05) is 50.2 Å². The zero-order chi connectivity index (χ0) is 13.1. The van der Waals surface area contributed by atoms with E-state index in [9.17, 15) is 0 Å². The third-order valence-corrected chi connectivity index (χ3v) is 3.34.